The van der Waals surface area contributed by atoms with E-state index in [4.69, 9.17) is 25.5 Å². The Morgan fingerprint density at radius 3 is 1.36 bits per heavy atom. The molecule has 7 nitrogen and oxygen atoms in total. The first kappa shape index (κ1) is 12.8. The highest BCUT2D eigenvalue weighted by molar-refractivity contribution is 5.68. The molecular weight excluding hydrogens is 196 g/mol. The molecule has 0 aliphatic rings. The molecule has 0 amide bonds. The number of carboxylic acid groups (broad SMARTS) is 2. The summed E-state index contributed by atoms with van der Waals surface area (Å²) in [6.45, 7) is 0. The van der Waals surface area contributed by atoms with Gasteiger partial charge in [0.2, 0.25) is 0 Å². The molecule has 82 valence electrons. The number of rotatable bonds is 6. The Hall–Kier alpha value is -1.18. The average molecular weight is 208 g/mol. The van der Waals surface area contributed by atoms with Crippen LogP contribution in [0.5, 0.6) is 0 Å². The Morgan fingerprint density at radius 2 is 1.14 bits per heavy atom. The maximum atomic E-state index is 10.1. The standard InChI is InChI=1S/C7H12O7/c8-3(1-5(10)11)7(14)4(9)2-6(12)13/h3-4,7-9,14H,1-2H2,(H,10,11)(H,12,13). The van der Waals surface area contributed by atoms with Crippen LogP contribution in [0.3, 0.4) is 0 Å². The van der Waals surface area contributed by atoms with Crippen molar-refractivity contribution in [3.63, 3.8) is 0 Å². The highest BCUT2D eigenvalue weighted by atomic mass is 16.4. The molecule has 0 aromatic rings. The third-order valence-electron chi connectivity index (χ3n) is 1.56. The molecule has 5 N–H and O–H groups in total. The van der Waals surface area contributed by atoms with Crippen LogP contribution in [0.25, 0.3) is 0 Å². The zero-order valence-electron chi connectivity index (χ0n) is 7.20. The van der Waals surface area contributed by atoms with Gasteiger partial charge in [-0.1, -0.05) is 0 Å². The van der Waals surface area contributed by atoms with Gasteiger partial charge in [-0.25, -0.2) is 0 Å². The van der Waals surface area contributed by atoms with Crippen molar-refractivity contribution < 1.29 is 35.1 Å². The predicted octanol–water partition coefficient (Wildman–Crippen LogP) is -1.98. The molecule has 0 heterocycles. The molecule has 14 heavy (non-hydrogen) atoms. The summed E-state index contributed by atoms with van der Waals surface area (Å²) in [5, 5.41) is 43.5. The van der Waals surface area contributed by atoms with Crippen LogP contribution in [0.2, 0.25) is 0 Å². The molecule has 0 aliphatic heterocycles. The Labute approximate surface area is 79.2 Å². The van der Waals surface area contributed by atoms with Gasteiger partial charge in [0.25, 0.3) is 0 Å². The third kappa shape index (κ3) is 4.75. The van der Waals surface area contributed by atoms with E-state index >= 15 is 0 Å². The summed E-state index contributed by atoms with van der Waals surface area (Å²) in [6.07, 6.45) is -6.64. The molecule has 0 aromatic heterocycles. The first-order valence-corrected chi connectivity index (χ1v) is 3.82. The van der Waals surface area contributed by atoms with E-state index in [1.165, 1.54) is 0 Å². The minimum atomic E-state index is -1.78. The Bertz CT molecular complexity index is 192. The smallest absolute Gasteiger partial charge is 0.306 e. The van der Waals surface area contributed by atoms with Gasteiger partial charge in [-0.2, -0.15) is 0 Å². The first-order valence-electron chi connectivity index (χ1n) is 3.82. The van der Waals surface area contributed by atoms with Gasteiger partial charge in [-0.05, 0) is 0 Å². The summed E-state index contributed by atoms with van der Waals surface area (Å²) < 4.78 is 0. The topological polar surface area (TPSA) is 135 Å². The lowest BCUT2D eigenvalue weighted by atomic mass is 10.0. The minimum Gasteiger partial charge on any atom is -0.481 e. The van der Waals surface area contributed by atoms with Crippen molar-refractivity contribution in [3.8, 4) is 0 Å². The number of carbonyl (C=O) groups is 2. The van der Waals surface area contributed by atoms with Gasteiger partial charge in [0, 0.05) is 0 Å². The van der Waals surface area contributed by atoms with E-state index in [9.17, 15) is 9.59 Å². The Balaban J connectivity index is 4.09. The quantitative estimate of drug-likeness (QED) is 0.341. The van der Waals surface area contributed by atoms with Crippen LogP contribution in [-0.4, -0.2) is 55.8 Å². The molecule has 0 aromatic carbocycles. The van der Waals surface area contributed by atoms with E-state index in [1.54, 1.807) is 0 Å². The van der Waals surface area contributed by atoms with Crippen LogP contribution in [0.1, 0.15) is 12.8 Å². The number of hydrogen-bond donors (Lipinski definition) is 5. The maximum absolute atomic E-state index is 10.1. The largest absolute Gasteiger partial charge is 0.481 e. The summed E-state index contributed by atoms with van der Waals surface area (Å²) >= 11 is 0. The number of hydrogen-bond acceptors (Lipinski definition) is 5. The van der Waals surface area contributed by atoms with Gasteiger partial charge >= 0.3 is 11.9 Å². The van der Waals surface area contributed by atoms with Crippen molar-refractivity contribution in [2.75, 3.05) is 0 Å². The second kappa shape index (κ2) is 5.53. The van der Waals surface area contributed by atoms with Crippen molar-refractivity contribution in [3.05, 3.63) is 0 Å². The molecule has 7 heteroatoms. The minimum absolute atomic E-state index is 0.752. The molecule has 2 unspecified atom stereocenters. The lowest BCUT2D eigenvalue weighted by molar-refractivity contribution is -0.146. The molecule has 0 saturated carbocycles. The van der Waals surface area contributed by atoms with Gasteiger partial charge in [0.1, 0.15) is 6.10 Å². The molecule has 2 atom stereocenters. The summed E-state index contributed by atoms with van der Waals surface area (Å²) in [5.74, 6) is -2.70. The molecule has 0 radical (unpaired) electrons. The van der Waals surface area contributed by atoms with Gasteiger partial charge < -0.3 is 25.5 Å². The fourth-order valence-electron chi connectivity index (χ4n) is 0.856. The average Bonchev–Trinajstić information content (AvgIpc) is 2.00. The predicted molar refractivity (Wildman–Crippen MR) is 42.5 cm³/mol. The SMILES string of the molecule is O=C(O)CC(O)C(O)C(O)CC(=O)O. The Morgan fingerprint density at radius 1 is 0.857 bits per heavy atom. The van der Waals surface area contributed by atoms with E-state index in [2.05, 4.69) is 0 Å². The Kier molecular flexibility index (Phi) is 5.06. The van der Waals surface area contributed by atoms with Crippen LogP contribution in [0.15, 0.2) is 0 Å². The van der Waals surface area contributed by atoms with Crippen molar-refractivity contribution in [1.29, 1.82) is 0 Å². The summed E-state index contributed by atoms with van der Waals surface area (Å²) in [6, 6.07) is 0. The van der Waals surface area contributed by atoms with Crippen LogP contribution in [0, 0.1) is 0 Å². The zero-order valence-corrected chi connectivity index (χ0v) is 7.20. The molecule has 0 fully saturated rings. The van der Waals surface area contributed by atoms with Crippen molar-refractivity contribution in [1.82, 2.24) is 0 Å². The van der Waals surface area contributed by atoms with Gasteiger partial charge in [-0.15, -0.1) is 0 Å². The van der Waals surface area contributed by atoms with Crippen LogP contribution in [0.4, 0.5) is 0 Å². The summed E-state index contributed by atoms with van der Waals surface area (Å²) in [7, 11) is 0. The van der Waals surface area contributed by atoms with E-state index in [-0.39, 0.29) is 0 Å². The monoisotopic (exact) mass is 208 g/mol. The van der Waals surface area contributed by atoms with E-state index in [0.717, 1.165) is 0 Å². The number of aliphatic hydroxyl groups excluding tert-OH is 3. The van der Waals surface area contributed by atoms with Gasteiger partial charge in [0.15, 0.2) is 0 Å². The zero-order chi connectivity index (χ0) is 11.3. The van der Waals surface area contributed by atoms with Crippen molar-refractivity contribution in [2.24, 2.45) is 0 Å². The molecule has 0 saturated heterocycles. The molecule has 0 spiro atoms. The van der Waals surface area contributed by atoms with Crippen LogP contribution < -0.4 is 0 Å². The number of carboxylic acids is 2. The van der Waals surface area contributed by atoms with Crippen molar-refractivity contribution >= 4 is 11.9 Å². The molecule has 0 aliphatic carbocycles. The van der Waals surface area contributed by atoms with E-state index < -0.39 is 43.1 Å². The highest BCUT2D eigenvalue weighted by Gasteiger charge is 2.27. The molecular formula is C7H12O7. The second-order valence-corrected chi connectivity index (χ2v) is 2.82. The lowest BCUT2D eigenvalue weighted by Gasteiger charge is -2.20. The highest BCUT2D eigenvalue weighted by Crippen LogP contribution is 2.07. The third-order valence-corrected chi connectivity index (χ3v) is 1.56. The summed E-state index contributed by atoms with van der Waals surface area (Å²) in [5.41, 5.74) is 0. The van der Waals surface area contributed by atoms with Crippen molar-refractivity contribution in [2.45, 2.75) is 31.2 Å². The number of aliphatic carboxylic acids is 2. The van der Waals surface area contributed by atoms with E-state index in [1.807, 2.05) is 0 Å². The second-order valence-electron chi connectivity index (χ2n) is 2.82. The lowest BCUT2D eigenvalue weighted by Crippen LogP contribution is -2.39. The van der Waals surface area contributed by atoms with Crippen LogP contribution >= 0.6 is 0 Å². The molecule has 0 rings (SSSR count). The van der Waals surface area contributed by atoms with Crippen LogP contribution in [-0.2, 0) is 9.59 Å². The summed E-state index contributed by atoms with van der Waals surface area (Å²) in [4.78, 5) is 20.2. The van der Waals surface area contributed by atoms with E-state index in [0.29, 0.717) is 0 Å². The van der Waals surface area contributed by atoms with Gasteiger partial charge in [-0.3, -0.25) is 9.59 Å². The van der Waals surface area contributed by atoms with Gasteiger partial charge in [0.05, 0.1) is 25.0 Å². The maximum Gasteiger partial charge on any atom is 0.306 e. The fraction of sp³-hybridized carbons (Fsp3) is 0.714. The normalized spacial score (nSPS) is 17.1. The fourth-order valence-corrected chi connectivity index (χ4v) is 0.856. The first-order chi connectivity index (χ1) is 6.34. The number of aliphatic hydroxyl groups is 3. The molecule has 0 bridgehead atoms.